The molecule has 1 aromatic heterocycles. The number of rotatable bonds is 5. The predicted octanol–water partition coefficient (Wildman–Crippen LogP) is 2.69. The molecule has 0 aliphatic heterocycles. The SMILES string of the molecule is CCCCCc1ccn(PC)n1. The normalized spacial score (nSPS) is 11.5. The van der Waals surface area contributed by atoms with Crippen LogP contribution in [0.4, 0.5) is 0 Å². The largest absolute Gasteiger partial charge is 0.255 e. The molecule has 0 aliphatic carbocycles. The molecule has 0 aromatic carbocycles. The summed E-state index contributed by atoms with van der Waals surface area (Å²) >= 11 is 0. The third-order valence-corrected chi connectivity index (χ3v) is 2.62. The van der Waals surface area contributed by atoms with Gasteiger partial charge in [-0.3, -0.25) is 4.45 Å². The summed E-state index contributed by atoms with van der Waals surface area (Å²) in [6, 6.07) is 2.13. The summed E-state index contributed by atoms with van der Waals surface area (Å²) in [5.41, 5.74) is 1.25. The molecule has 1 atom stereocenters. The van der Waals surface area contributed by atoms with E-state index >= 15 is 0 Å². The number of hydrogen-bond donors (Lipinski definition) is 0. The van der Waals surface area contributed by atoms with Gasteiger partial charge in [-0.15, -0.1) is 0 Å². The van der Waals surface area contributed by atoms with Crippen molar-refractivity contribution in [1.29, 1.82) is 0 Å². The van der Waals surface area contributed by atoms with Gasteiger partial charge in [-0.05, 0) is 34.3 Å². The Kier molecular flexibility index (Phi) is 4.31. The molecule has 12 heavy (non-hydrogen) atoms. The number of aromatic nitrogens is 2. The second-order valence-electron chi connectivity index (χ2n) is 2.93. The van der Waals surface area contributed by atoms with Crippen LogP contribution in [0.25, 0.3) is 0 Å². The Balaban J connectivity index is 2.31. The lowest BCUT2D eigenvalue weighted by Crippen LogP contribution is -1.88. The number of hydrogen-bond acceptors (Lipinski definition) is 1. The molecule has 2 nitrogen and oxygen atoms in total. The molecule has 0 N–H and O–H groups in total. The third kappa shape index (κ3) is 2.94. The molecule has 1 aromatic rings. The first-order chi connectivity index (χ1) is 5.86. The average Bonchev–Trinajstić information content (AvgIpc) is 2.53. The average molecular weight is 184 g/mol. The monoisotopic (exact) mass is 184 g/mol. The van der Waals surface area contributed by atoms with Gasteiger partial charge in [-0.1, -0.05) is 19.8 Å². The molecular formula is C9H17N2P. The van der Waals surface area contributed by atoms with Gasteiger partial charge in [-0.25, -0.2) is 0 Å². The molecule has 68 valence electrons. The molecule has 0 bridgehead atoms. The summed E-state index contributed by atoms with van der Waals surface area (Å²) in [4.78, 5) is 0. The van der Waals surface area contributed by atoms with Gasteiger partial charge >= 0.3 is 0 Å². The topological polar surface area (TPSA) is 17.8 Å². The zero-order valence-electron chi connectivity index (χ0n) is 7.88. The first-order valence-corrected chi connectivity index (χ1v) is 6.04. The van der Waals surface area contributed by atoms with E-state index in [1.54, 1.807) is 0 Å². The van der Waals surface area contributed by atoms with E-state index < -0.39 is 0 Å². The smallest absolute Gasteiger partial charge is 0.0627 e. The molecule has 0 saturated heterocycles. The van der Waals surface area contributed by atoms with Crippen LogP contribution in [-0.4, -0.2) is 16.2 Å². The Morgan fingerprint density at radius 1 is 1.50 bits per heavy atom. The highest BCUT2D eigenvalue weighted by molar-refractivity contribution is 7.35. The van der Waals surface area contributed by atoms with Gasteiger partial charge in [0.05, 0.1) is 5.69 Å². The predicted molar refractivity (Wildman–Crippen MR) is 55.1 cm³/mol. The van der Waals surface area contributed by atoms with Crippen molar-refractivity contribution in [2.75, 3.05) is 6.66 Å². The standard InChI is InChI=1S/C9H17N2P/c1-3-4-5-6-9-7-8-11(10-9)12-2/h7-8,12H,3-6H2,1-2H3. The van der Waals surface area contributed by atoms with Gasteiger partial charge in [0, 0.05) is 6.20 Å². The number of unbranched alkanes of at least 4 members (excludes halogenated alkanes) is 2. The van der Waals surface area contributed by atoms with Gasteiger partial charge in [0.15, 0.2) is 0 Å². The van der Waals surface area contributed by atoms with E-state index in [0.29, 0.717) is 0 Å². The lowest BCUT2D eigenvalue weighted by atomic mass is 10.2. The molecule has 1 heterocycles. The van der Waals surface area contributed by atoms with Crippen molar-refractivity contribution >= 4 is 8.73 Å². The van der Waals surface area contributed by atoms with Crippen LogP contribution in [-0.2, 0) is 6.42 Å². The maximum Gasteiger partial charge on any atom is 0.0627 e. The Hall–Kier alpha value is -0.360. The fourth-order valence-corrected chi connectivity index (χ4v) is 1.63. The zero-order valence-corrected chi connectivity index (χ0v) is 8.88. The van der Waals surface area contributed by atoms with Gasteiger partial charge in [0.2, 0.25) is 0 Å². The Bertz CT molecular complexity index is 220. The third-order valence-electron chi connectivity index (χ3n) is 1.91. The summed E-state index contributed by atoms with van der Waals surface area (Å²) in [7, 11) is 0.762. The molecule has 0 spiro atoms. The second kappa shape index (κ2) is 5.31. The fourth-order valence-electron chi connectivity index (χ4n) is 1.18. The molecule has 3 heteroatoms. The molecule has 0 radical (unpaired) electrons. The molecule has 0 amide bonds. The number of aryl methyl sites for hydroxylation is 1. The first kappa shape index (κ1) is 9.73. The highest BCUT2D eigenvalue weighted by Crippen LogP contribution is 2.09. The summed E-state index contributed by atoms with van der Waals surface area (Å²) < 4.78 is 2.02. The molecular weight excluding hydrogens is 167 g/mol. The quantitative estimate of drug-likeness (QED) is 0.508. The van der Waals surface area contributed by atoms with Crippen molar-refractivity contribution < 1.29 is 0 Å². The van der Waals surface area contributed by atoms with E-state index in [-0.39, 0.29) is 0 Å². The highest BCUT2D eigenvalue weighted by atomic mass is 31.1. The van der Waals surface area contributed by atoms with Crippen LogP contribution in [0, 0.1) is 0 Å². The van der Waals surface area contributed by atoms with Crippen LogP contribution in [0.15, 0.2) is 12.3 Å². The van der Waals surface area contributed by atoms with Crippen molar-refractivity contribution in [2.24, 2.45) is 0 Å². The highest BCUT2D eigenvalue weighted by Gasteiger charge is 1.96. The van der Waals surface area contributed by atoms with Crippen LogP contribution < -0.4 is 0 Å². The van der Waals surface area contributed by atoms with Gasteiger partial charge in [0.1, 0.15) is 0 Å². The summed E-state index contributed by atoms with van der Waals surface area (Å²) in [5.74, 6) is 0. The van der Waals surface area contributed by atoms with Gasteiger partial charge < -0.3 is 0 Å². The Morgan fingerprint density at radius 2 is 2.33 bits per heavy atom. The minimum absolute atomic E-state index is 0.762. The van der Waals surface area contributed by atoms with Gasteiger partial charge in [-0.2, -0.15) is 5.10 Å². The van der Waals surface area contributed by atoms with Crippen LogP contribution in [0.3, 0.4) is 0 Å². The van der Waals surface area contributed by atoms with Gasteiger partial charge in [0.25, 0.3) is 0 Å². The van der Waals surface area contributed by atoms with Crippen LogP contribution in [0.5, 0.6) is 0 Å². The van der Waals surface area contributed by atoms with Crippen LogP contribution in [0.1, 0.15) is 31.9 Å². The van der Waals surface area contributed by atoms with Crippen molar-refractivity contribution in [1.82, 2.24) is 9.55 Å². The minimum atomic E-state index is 0.762. The Morgan fingerprint density at radius 3 is 2.92 bits per heavy atom. The van der Waals surface area contributed by atoms with Crippen LogP contribution in [0.2, 0.25) is 0 Å². The zero-order chi connectivity index (χ0) is 8.81. The molecule has 0 fully saturated rings. The van der Waals surface area contributed by atoms with E-state index in [0.717, 1.165) is 15.2 Å². The van der Waals surface area contributed by atoms with E-state index in [1.807, 2.05) is 4.45 Å². The number of nitrogens with zero attached hydrogens (tertiary/aromatic N) is 2. The summed E-state index contributed by atoms with van der Waals surface area (Å²) in [6.45, 7) is 4.37. The first-order valence-electron chi connectivity index (χ1n) is 4.59. The molecule has 0 aliphatic rings. The summed E-state index contributed by atoms with van der Waals surface area (Å²) in [6.07, 6.45) is 7.10. The lowest BCUT2D eigenvalue weighted by molar-refractivity contribution is 0.703. The molecule has 1 rings (SSSR count). The van der Waals surface area contributed by atoms with E-state index in [2.05, 4.69) is 31.0 Å². The van der Waals surface area contributed by atoms with Crippen LogP contribution >= 0.6 is 8.73 Å². The Labute approximate surface area is 76.2 Å². The molecule has 0 saturated carbocycles. The van der Waals surface area contributed by atoms with E-state index in [4.69, 9.17) is 0 Å². The summed E-state index contributed by atoms with van der Waals surface area (Å²) in [5, 5.41) is 4.43. The van der Waals surface area contributed by atoms with Crippen molar-refractivity contribution in [3.8, 4) is 0 Å². The second-order valence-corrected chi connectivity index (χ2v) is 3.84. The molecule has 1 unspecified atom stereocenters. The van der Waals surface area contributed by atoms with Crippen molar-refractivity contribution in [2.45, 2.75) is 32.6 Å². The fraction of sp³-hybridized carbons (Fsp3) is 0.667. The van der Waals surface area contributed by atoms with E-state index in [1.165, 1.54) is 25.0 Å². The van der Waals surface area contributed by atoms with Crippen molar-refractivity contribution in [3.63, 3.8) is 0 Å². The van der Waals surface area contributed by atoms with Crippen molar-refractivity contribution in [3.05, 3.63) is 18.0 Å². The maximum absolute atomic E-state index is 4.43. The lowest BCUT2D eigenvalue weighted by Gasteiger charge is -1.95. The van der Waals surface area contributed by atoms with E-state index in [9.17, 15) is 0 Å². The minimum Gasteiger partial charge on any atom is -0.255 e. The maximum atomic E-state index is 4.43.